The Morgan fingerprint density at radius 2 is 1.95 bits per heavy atom. The summed E-state index contributed by atoms with van der Waals surface area (Å²) in [6.45, 7) is 8.46. The second-order valence-corrected chi connectivity index (χ2v) is 7.11. The third-order valence-corrected chi connectivity index (χ3v) is 3.65. The molecule has 0 aliphatic carbocycles. The van der Waals surface area contributed by atoms with E-state index < -0.39 is 4.92 Å². The lowest BCUT2D eigenvalue weighted by Gasteiger charge is -2.46. The molecule has 1 aromatic rings. The maximum Gasteiger partial charge on any atom is 0.329 e. The molecule has 116 valence electrons. The van der Waals surface area contributed by atoms with Gasteiger partial charge in [0.05, 0.1) is 4.92 Å². The van der Waals surface area contributed by atoms with Crippen molar-refractivity contribution in [3.8, 4) is 0 Å². The summed E-state index contributed by atoms with van der Waals surface area (Å²) >= 11 is 5.75. The van der Waals surface area contributed by atoms with Crippen LogP contribution in [0.25, 0.3) is 0 Å². The molecule has 0 aromatic carbocycles. The zero-order chi connectivity index (χ0) is 15.8. The largest absolute Gasteiger partial charge is 0.361 e. The van der Waals surface area contributed by atoms with Crippen molar-refractivity contribution < 1.29 is 4.92 Å². The van der Waals surface area contributed by atoms with Crippen LogP contribution >= 0.6 is 11.6 Å². The van der Waals surface area contributed by atoms with Crippen LogP contribution in [0.4, 0.5) is 11.5 Å². The monoisotopic (exact) mass is 313 g/mol. The van der Waals surface area contributed by atoms with E-state index in [1.54, 1.807) is 0 Å². The summed E-state index contributed by atoms with van der Waals surface area (Å²) in [5.74, 6) is 0.179. The number of nitrogens with one attached hydrogen (secondary N) is 2. The van der Waals surface area contributed by atoms with Gasteiger partial charge in [-0.1, -0.05) is 0 Å². The van der Waals surface area contributed by atoms with Gasteiger partial charge in [-0.05, 0) is 52.1 Å². The Bertz CT molecular complexity index is 545. The molecule has 8 heteroatoms. The van der Waals surface area contributed by atoms with E-state index in [1.807, 2.05) is 0 Å². The molecule has 0 radical (unpaired) electrons. The van der Waals surface area contributed by atoms with Crippen LogP contribution in [0.5, 0.6) is 0 Å². The van der Waals surface area contributed by atoms with Crippen molar-refractivity contribution in [2.75, 3.05) is 5.32 Å². The fourth-order valence-corrected chi connectivity index (χ4v) is 3.34. The van der Waals surface area contributed by atoms with Crippen LogP contribution < -0.4 is 10.6 Å². The molecule has 0 saturated carbocycles. The third-order valence-electron chi connectivity index (χ3n) is 3.47. The summed E-state index contributed by atoms with van der Waals surface area (Å²) in [6, 6.07) is 0.0703. The van der Waals surface area contributed by atoms with Crippen molar-refractivity contribution in [3.63, 3.8) is 0 Å². The van der Waals surface area contributed by atoms with Gasteiger partial charge < -0.3 is 10.6 Å². The van der Waals surface area contributed by atoms with E-state index in [1.165, 1.54) is 0 Å². The number of piperidine rings is 1. The van der Waals surface area contributed by atoms with Crippen LogP contribution in [-0.2, 0) is 0 Å². The van der Waals surface area contributed by atoms with Gasteiger partial charge in [0.25, 0.3) is 0 Å². The van der Waals surface area contributed by atoms with Crippen molar-refractivity contribution >= 4 is 23.1 Å². The third kappa shape index (κ3) is 4.01. The van der Waals surface area contributed by atoms with Gasteiger partial charge in [0.15, 0.2) is 0 Å². The molecule has 0 bridgehead atoms. The molecule has 0 amide bonds. The smallest absolute Gasteiger partial charge is 0.329 e. The first-order valence-corrected chi connectivity index (χ1v) is 7.19. The van der Waals surface area contributed by atoms with Gasteiger partial charge in [0.1, 0.15) is 6.20 Å². The minimum atomic E-state index is -0.504. The van der Waals surface area contributed by atoms with E-state index >= 15 is 0 Å². The number of hydrogen-bond donors (Lipinski definition) is 2. The minimum Gasteiger partial charge on any atom is -0.361 e. The van der Waals surface area contributed by atoms with Gasteiger partial charge >= 0.3 is 5.69 Å². The first kappa shape index (κ1) is 15.9. The van der Waals surface area contributed by atoms with E-state index in [9.17, 15) is 10.1 Å². The quantitative estimate of drug-likeness (QED) is 0.506. The Hall–Kier alpha value is -1.47. The van der Waals surface area contributed by atoms with E-state index in [2.05, 4.69) is 48.3 Å². The SMILES string of the molecule is CC1(C)CC(Nc2nc(Cl)ncc2[N+](=O)[O-])CC(C)(C)N1. The van der Waals surface area contributed by atoms with Crippen LogP contribution in [0.2, 0.25) is 5.28 Å². The van der Waals surface area contributed by atoms with Crippen LogP contribution in [0.15, 0.2) is 6.20 Å². The molecule has 2 heterocycles. The van der Waals surface area contributed by atoms with Crippen molar-refractivity contribution in [3.05, 3.63) is 21.6 Å². The van der Waals surface area contributed by atoms with Crippen LogP contribution in [0.1, 0.15) is 40.5 Å². The summed E-state index contributed by atoms with van der Waals surface area (Å²) in [5.41, 5.74) is -0.288. The molecule has 1 aromatic heterocycles. The number of aromatic nitrogens is 2. The molecule has 2 rings (SSSR count). The van der Waals surface area contributed by atoms with E-state index in [4.69, 9.17) is 11.6 Å². The number of rotatable bonds is 3. The number of anilines is 1. The van der Waals surface area contributed by atoms with Gasteiger partial charge in [0.2, 0.25) is 11.1 Å². The molecule has 1 aliphatic rings. The number of hydrogen-bond acceptors (Lipinski definition) is 6. The molecule has 0 spiro atoms. The highest BCUT2D eigenvalue weighted by Gasteiger charge is 2.38. The van der Waals surface area contributed by atoms with Crippen molar-refractivity contribution in [2.45, 2.75) is 57.7 Å². The van der Waals surface area contributed by atoms with Crippen molar-refractivity contribution in [2.24, 2.45) is 0 Å². The van der Waals surface area contributed by atoms with E-state index in [0.717, 1.165) is 19.0 Å². The van der Waals surface area contributed by atoms with Crippen LogP contribution in [0, 0.1) is 10.1 Å². The second kappa shape index (κ2) is 5.38. The van der Waals surface area contributed by atoms with E-state index in [-0.39, 0.29) is 33.9 Å². The number of nitro groups is 1. The zero-order valence-electron chi connectivity index (χ0n) is 12.6. The Labute approximate surface area is 128 Å². The van der Waals surface area contributed by atoms with E-state index in [0.29, 0.717) is 0 Å². The molecular formula is C13H20ClN5O2. The normalized spacial score (nSPS) is 21.0. The maximum absolute atomic E-state index is 11.1. The maximum atomic E-state index is 11.1. The lowest BCUT2D eigenvalue weighted by molar-refractivity contribution is -0.384. The zero-order valence-corrected chi connectivity index (χ0v) is 13.4. The first-order chi connectivity index (χ1) is 9.58. The molecule has 1 aliphatic heterocycles. The fourth-order valence-electron chi connectivity index (χ4n) is 3.21. The predicted molar refractivity (Wildman–Crippen MR) is 81.6 cm³/mol. The Morgan fingerprint density at radius 1 is 1.38 bits per heavy atom. The number of nitrogens with zero attached hydrogens (tertiary/aromatic N) is 3. The molecule has 0 unspecified atom stereocenters. The highest BCUT2D eigenvalue weighted by atomic mass is 35.5. The summed E-state index contributed by atoms with van der Waals surface area (Å²) in [5, 5.41) is 17.8. The Morgan fingerprint density at radius 3 is 2.48 bits per heavy atom. The first-order valence-electron chi connectivity index (χ1n) is 6.81. The highest BCUT2D eigenvalue weighted by molar-refractivity contribution is 6.28. The predicted octanol–water partition coefficient (Wildman–Crippen LogP) is 2.76. The van der Waals surface area contributed by atoms with Crippen molar-refractivity contribution in [1.29, 1.82) is 0 Å². The summed E-state index contributed by atoms with van der Waals surface area (Å²) < 4.78 is 0. The van der Waals surface area contributed by atoms with Crippen LogP contribution in [-0.4, -0.2) is 32.0 Å². The summed E-state index contributed by atoms with van der Waals surface area (Å²) in [7, 11) is 0. The van der Waals surface area contributed by atoms with Crippen LogP contribution in [0.3, 0.4) is 0 Å². The van der Waals surface area contributed by atoms with Gasteiger partial charge in [-0.2, -0.15) is 4.98 Å². The van der Waals surface area contributed by atoms with Gasteiger partial charge in [-0.15, -0.1) is 0 Å². The molecule has 7 nitrogen and oxygen atoms in total. The molecule has 1 saturated heterocycles. The molecule has 2 N–H and O–H groups in total. The average Bonchev–Trinajstić information content (AvgIpc) is 2.23. The van der Waals surface area contributed by atoms with Gasteiger partial charge in [0, 0.05) is 17.1 Å². The standard InChI is InChI=1S/C13H20ClN5O2/c1-12(2)5-8(6-13(3,4)18-12)16-10-9(19(20)21)7-15-11(14)17-10/h7-8,18H,5-6H2,1-4H3,(H,15,16,17). The van der Waals surface area contributed by atoms with Gasteiger partial charge in [-0.25, -0.2) is 4.98 Å². The average molecular weight is 314 g/mol. The lowest BCUT2D eigenvalue weighted by Crippen LogP contribution is -2.60. The Kier molecular flexibility index (Phi) is 4.08. The Balaban J connectivity index is 2.25. The molecule has 1 fully saturated rings. The molecule has 0 atom stereocenters. The number of halogens is 1. The lowest BCUT2D eigenvalue weighted by atomic mass is 9.79. The molecule has 21 heavy (non-hydrogen) atoms. The minimum absolute atomic E-state index is 0.00412. The summed E-state index contributed by atoms with van der Waals surface area (Å²) in [4.78, 5) is 18.2. The second-order valence-electron chi connectivity index (χ2n) is 6.77. The molecular weight excluding hydrogens is 294 g/mol. The summed E-state index contributed by atoms with van der Waals surface area (Å²) in [6.07, 6.45) is 2.79. The van der Waals surface area contributed by atoms with Gasteiger partial charge in [-0.3, -0.25) is 10.1 Å². The fraction of sp³-hybridized carbons (Fsp3) is 0.692. The topological polar surface area (TPSA) is 93.0 Å². The van der Waals surface area contributed by atoms with Crippen molar-refractivity contribution in [1.82, 2.24) is 15.3 Å². The highest BCUT2D eigenvalue weighted by Crippen LogP contribution is 2.32.